The highest BCUT2D eigenvalue weighted by molar-refractivity contribution is 5.91. The molecule has 1 aromatic heterocycles. The number of nitrogens with one attached hydrogen (secondary N) is 1. The maximum Gasteiger partial charge on any atom is 0.343 e. The van der Waals surface area contributed by atoms with Gasteiger partial charge in [-0.25, -0.2) is 9.78 Å². The van der Waals surface area contributed by atoms with Gasteiger partial charge < -0.3 is 10.1 Å². The van der Waals surface area contributed by atoms with Crippen LogP contribution < -0.4 is 10.1 Å². The van der Waals surface area contributed by atoms with Gasteiger partial charge in [-0.3, -0.25) is 4.79 Å². The molecule has 2 aromatic carbocycles. The van der Waals surface area contributed by atoms with Crippen LogP contribution in [0.5, 0.6) is 5.75 Å². The van der Waals surface area contributed by atoms with Gasteiger partial charge in [0, 0.05) is 13.1 Å². The van der Waals surface area contributed by atoms with Gasteiger partial charge in [-0.05, 0) is 54.4 Å². The third kappa shape index (κ3) is 5.38. The zero-order valence-corrected chi connectivity index (χ0v) is 15.7. The summed E-state index contributed by atoms with van der Waals surface area (Å²) in [4.78, 5) is 27.4. The molecule has 0 bridgehead atoms. The average molecular weight is 372 g/mol. The molecule has 0 saturated carbocycles. The van der Waals surface area contributed by atoms with E-state index in [4.69, 9.17) is 4.74 Å². The molecule has 0 fully saturated rings. The summed E-state index contributed by atoms with van der Waals surface area (Å²) in [7, 11) is 0. The molecule has 0 atom stereocenters. The maximum atomic E-state index is 12.2. The summed E-state index contributed by atoms with van der Waals surface area (Å²) < 4.78 is 5.41. The highest BCUT2D eigenvalue weighted by Gasteiger charge is 2.08. The third-order valence-corrected chi connectivity index (χ3v) is 3.90. The fourth-order valence-electron chi connectivity index (χ4n) is 2.58. The van der Waals surface area contributed by atoms with Gasteiger partial charge >= 0.3 is 5.97 Å². The van der Waals surface area contributed by atoms with Crippen LogP contribution in [0.25, 0.3) is 12.2 Å². The standard InChI is InChI=1S/C23H20N2O3/c1-16-4-3-5-20(14-16)23(27)28-21-10-8-18(9-11-21)6-7-19-12-13-24-22(15-19)25-17(2)26/h3-15H,1-2H3,(H,24,25,26)/b7-6+. The Morgan fingerprint density at radius 3 is 2.43 bits per heavy atom. The fraction of sp³-hybridized carbons (Fsp3) is 0.0870. The zero-order chi connectivity index (χ0) is 19.9. The van der Waals surface area contributed by atoms with Gasteiger partial charge in [0.2, 0.25) is 5.91 Å². The molecule has 0 spiro atoms. The number of hydrogen-bond acceptors (Lipinski definition) is 4. The summed E-state index contributed by atoms with van der Waals surface area (Å²) >= 11 is 0. The quantitative estimate of drug-likeness (QED) is 0.519. The minimum absolute atomic E-state index is 0.163. The number of amides is 1. The fourth-order valence-corrected chi connectivity index (χ4v) is 2.58. The van der Waals surface area contributed by atoms with E-state index in [0.29, 0.717) is 17.1 Å². The molecular weight excluding hydrogens is 352 g/mol. The van der Waals surface area contributed by atoms with Gasteiger partial charge in [-0.1, -0.05) is 42.0 Å². The third-order valence-electron chi connectivity index (χ3n) is 3.90. The first kappa shape index (κ1) is 19.0. The molecule has 140 valence electrons. The second kappa shape index (κ2) is 8.77. The van der Waals surface area contributed by atoms with E-state index < -0.39 is 0 Å². The van der Waals surface area contributed by atoms with Crippen molar-refractivity contribution in [1.29, 1.82) is 0 Å². The predicted molar refractivity (Wildman–Crippen MR) is 110 cm³/mol. The molecule has 1 heterocycles. The van der Waals surface area contributed by atoms with Gasteiger partial charge in [0.15, 0.2) is 0 Å². The largest absolute Gasteiger partial charge is 0.423 e. The van der Waals surface area contributed by atoms with Gasteiger partial charge in [0.25, 0.3) is 0 Å². The monoisotopic (exact) mass is 372 g/mol. The minimum atomic E-state index is -0.380. The van der Waals surface area contributed by atoms with E-state index in [-0.39, 0.29) is 11.9 Å². The van der Waals surface area contributed by atoms with E-state index in [9.17, 15) is 9.59 Å². The highest BCUT2D eigenvalue weighted by Crippen LogP contribution is 2.17. The topological polar surface area (TPSA) is 68.3 Å². The predicted octanol–water partition coefficient (Wildman–Crippen LogP) is 4.74. The molecule has 0 unspecified atom stereocenters. The first-order valence-corrected chi connectivity index (χ1v) is 8.80. The normalized spacial score (nSPS) is 10.6. The van der Waals surface area contributed by atoms with Crippen LogP contribution in [0.2, 0.25) is 0 Å². The lowest BCUT2D eigenvalue weighted by Crippen LogP contribution is -2.08. The Balaban J connectivity index is 1.65. The Bertz CT molecular complexity index is 1020. The van der Waals surface area contributed by atoms with E-state index in [1.54, 1.807) is 36.5 Å². The summed E-state index contributed by atoms with van der Waals surface area (Å²) in [6, 6.07) is 18.2. The van der Waals surface area contributed by atoms with Crippen molar-refractivity contribution in [2.24, 2.45) is 0 Å². The number of carbonyl (C=O) groups is 2. The van der Waals surface area contributed by atoms with Gasteiger partial charge in [0.1, 0.15) is 11.6 Å². The smallest absolute Gasteiger partial charge is 0.343 e. The molecule has 5 heteroatoms. The van der Waals surface area contributed by atoms with Crippen molar-refractivity contribution in [1.82, 2.24) is 4.98 Å². The Hall–Kier alpha value is -3.73. The Morgan fingerprint density at radius 2 is 1.71 bits per heavy atom. The lowest BCUT2D eigenvalue weighted by atomic mass is 10.1. The SMILES string of the molecule is CC(=O)Nc1cc(/C=C/c2ccc(OC(=O)c3cccc(C)c3)cc2)ccn1. The molecule has 28 heavy (non-hydrogen) atoms. The first-order valence-electron chi connectivity index (χ1n) is 8.80. The Kier molecular flexibility index (Phi) is 5.97. The van der Waals surface area contributed by atoms with Crippen LogP contribution in [0.3, 0.4) is 0 Å². The number of hydrogen-bond donors (Lipinski definition) is 1. The number of aromatic nitrogens is 1. The first-order chi connectivity index (χ1) is 13.5. The van der Waals surface area contributed by atoms with Crippen molar-refractivity contribution in [3.8, 4) is 5.75 Å². The lowest BCUT2D eigenvalue weighted by molar-refractivity contribution is -0.114. The van der Waals surface area contributed by atoms with Crippen LogP contribution in [-0.4, -0.2) is 16.9 Å². The van der Waals surface area contributed by atoms with Crippen LogP contribution in [0.15, 0.2) is 66.9 Å². The van der Waals surface area contributed by atoms with E-state index in [1.807, 2.05) is 49.4 Å². The number of pyridine rings is 1. The van der Waals surface area contributed by atoms with Gasteiger partial charge in [0.05, 0.1) is 5.56 Å². The van der Waals surface area contributed by atoms with Crippen molar-refractivity contribution in [2.75, 3.05) is 5.32 Å². The highest BCUT2D eigenvalue weighted by atomic mass is 16.5. The molecular formula is C23H20N2O3. The summed E-state index contributed by atoms with van der Waals surface area (Å²) in [6.07, 6.45) is 5.48. The molecule has 1 amide bonds. The van der Waals surface area contributed by atoms with Crippen molar-refractivity contribution >= 4 is 29.8 Å². The minimum Gasteiger partial charge on any atom is -0.423 e. The zero-order valence-electron chi connectivity index (χ0n) is 15.7. The van der Waals surface area contributed by atoms with Crippen LogP contribution >= 0.6 is 0 Å². The van der Waals surface area contributed by atoms with Crippen LogP contribution in [-0.2, 0) is 4.79 Å². The number of aryl methyl sites for hydroxylation is 1. The molecule has 0 saturated heterocycles. The molecule has 5 nitrogen and oxygen atoms in total. The molecule has 0 aliphatic heterocycles. The molecule has 3 aromatic rings. The summed E-state index contributed by atoms with van der Waals surface area (Å²) in [5, 5.41) is 2.65. The summed E-state index contributed by atoms with van der Waals surface area (Å²) in [5.41, 5.74) is 3.39. The van der Waals surface area contributed by atoms with Crippen molar-refractivity contribution in [2.45, 2.75) is 13.8 Å². The van der Waals surface area contributed by atoms with Crippen LogP contribution in [0.1, 0.15) is 34.0 Å². The number of esters is 1. The van der Waals surface area contributed by atoms with E-state index >= 15 is 0 Å². The molecule has 0 aliphatic carbocycles. The van der Waals surface area contributed by atoms with Crippen molar-refractivity contribution in [3.05, 3.63) is 89.1 Å². The number of carbonyl (C=O) groups excluding carboxylic acids is 2. The number of benzene rings is 2. The van der Waals surface area contributed by atoms with Gasteiger partial charge in [-0.15, -0.1) is 0 Å². The number of ether oxygens (including phenoxy) is 1. The molecule has 3 rings (SSSR count). The maximum absolute atomic E-state index is 12.2. The van der Waals surface area contributed by atoms with Crippen molar-refractivity contribution in [3.63, 3.8) is 0 Å². The molecule has 0 radical (unpaired) electrons. The number of rotatable bonds is 5. The summed E-state index contributed by atoms with van der Waals surface area (Å²) in [6.45, 7) is 3.37. The average Bonchev–Trinajstić information content (AvgIpc) is 2.67. The van der Waals surface area contributed by atoms with E-state index in [2.05, 4.69) is 10.3 Å². The van der Waals surface area contributed by atoms with Crippen molar-refractivity contribution < 1.29 is 14.3 Å². The number of anilines is 1. The lowest BCUT2D eigenvalue weighted by Gasteiger charge is -2.05. The molecule has 0 aliphatic rings. The van der Waals surface area contributed by atoms with Crippen LogP contribution in [0, 0.1) is 6.92 Å². The number of nitrogens with zero attached hydrogens (tertiary/aromatic N) is 1. The van der Waals surface area contributed by atoms with Crippen LogP contribution in [0.4, 0.5) is 5.82 Å². The second-order valence-electron chi connectivity index (χ2n) is 6.32. The molecule has 1 N–H and O–H groups in total. The Morgan fingerprint density at radius 1 is 0.964 bits per heavy atom. The van der Waals surface area contributed by atoms with Gasteiger partial charge in [-0.2, -0.15) is 0 Å². The Labute approximate surface area is 163 Å². The summed E-state index contributed by atoms with van der Waals surface area (Å²) in [5.74, 6) is 0.451. The second-order valence-corrected chi connectivity index (χ2v) is 6.32. The van der Waals surface area contributed by atoms with E-state index in [1.165, 1.54) is 6.92 Å². The van der Waals surface area contributed by atoms with E-state index in [0.717, 1.165) is 16.7 Å².